The summed E-state index contributed by atoms with van der Waals surface area (Å²) >= 11 is 0. The van der Waals surface area contributed by atoms with Crippen LogP contribution in [0.3, 0.4) is 0 Å². The third-order valence-corrected chi connectivity index (χ3v) is 2.13. The Hall–Kier alpha value is -0.540. The summed E-state index contributed by atoms with van der Waals surface area (Å²) in [6, 6.07) is 0. The van der Waals surface area contributed by atoms with Crippen LogP contribution in [0, 0.1) is 11.8 Å². The molecule has 0 aliphatic heterocycles. The summed E-state index contributed by atoms with van der Waals surface area (Å²) in [5.74, 6) is -1.60. The maximum atomic E-state index is 12.0. The molecule has 64 valence electrons. The van der Waals surface area contributed by atoms with Crippen molar-refractivity contribution in [2.75, 3.05) is 0 Å². The minimum Gasteiger partial charge on any atom is -0.303 e. The van der Waals surface area contributed by atoms with Crippen LogP contribution in [-0.2, 0) is 4.79 Å². The highest BCUT2D eigenvalue weighted by Gasteiger charge is 2.43. The van der Waals surface area contributed by atoms with E-state index < -0.39 is 12.1 Å². The summed E-state index contributed by atoms with van der Waals surface area (Å²) in [6.45, 7) is 0. The summed E-state index contributed by atoms with van der Waals surface area (Å²) < 4.78 is 35.9. The zero-order valence-electron chi connectivity index (χ0n) is 5.90. The van der Waals surface area contributed by atoms with Crippen molar-refractivity contribution in [1.29, 1.82) is 0 Å². The molecule has 0 bridgehead atoms. The van der Waals surface area contributed by atoms with Crippen molar-refractivity contribution in [2.24, 2.45) is 11.8 Å². The van der Waals surface area contributed by atoms with E-state index in [-0.39, 0.29) is 18.8 Å². The van der Waals surface area contributed by atoms with Gasteiger partial charge in [-0.25, -0.2) is 0 Å². The monoisotopic (exact) mass is 166 g/mol. The second-order valence-electron chi connectivity index (χ2n) is 2.95. The number of alkyl halides is 3. The summed E-state index contributed by atoms with van der Waals surface area (Å²) in [6.07, 6.45) is -2.96. The fourth-order valence-electron chi connectivity index (χ4n) is 1.44. The van der Waals surface area contributed by atoms with Crippen LogP contribution in [0.1, 0.15) is 19.3 Å². The zero-order valence-corrected chi connectivity index (χ0v) is 5.90. The smallest absolute Gasteiger partial charge is 0.303 e. The highest BCUT2D eigenvalue weighted by Crippen LogP contribution is 2.40. The van der Waals surface area contributed by atoms with Gasteiger partial charge in [0.15, 0.2) is 0 Å². The Morgan fingerprint density at radius 3 is 2.18 bits per heavy atom. The van der Waals surface area contributed by atoms with E-state index in [9.17, 15) is 18.0 Å². The van der Waals surface area contributed by atoms with Gasteiger partial charge in [0.25, 0.3) is 0 Å². The van der Waals surface area contributed by atoms with Gasteiger partial charge in [0.1, 0.15) is 6.29 Å². The Bertz CT molecular complexity index is 152. The number of carbonyl (C=O) groups excluding carboxylic acids is 1. The van der Waals surface area contributed by atoms with Gasteiger partial charge in [0.05, 0.1) is 5.92 Å². The Morgan fingerprint density at radius 2 is 1.91 bits per heavy atom. The first-order valence-corrected chi connectivity index (χ1v) is 3.56. The lowest BCUT2D eigenvalue weighted by Gasteiger charge is -2.12. The van der Waals surface area contributed by atoms with Crippen LogP contribution >= 0.6 is 0 Å². The van der Waals surface area contributed by atoms with Gasteiger partial charge in [-0.15, -0.1) is 0 Å². The van der Waals surface area contributed by atoms with Crippen molar-refractivity contribution in [3.05, 3.63) is 0 Å². The highest BCUT2D eigenvalue weighted by atomic mass is 19.4. The van der Waals surface area contributed by atoms with E-state index in [0.717, 1.165) is 0 Å². The Morgan fingerprint density at radius 1 is 1.27 bits per heavy atom. The summed E-state index contributed by atoms with van der Waals surface area (Å²) in [7, 11) is 0. The number of hydrogen-bond acceptors (Lipinski definition) is 1. The second kappa shape index (κ2) is 2.83. The quantitative estimate of drug-likeness (QED) is 0.545. The third-order valence-electron chi connectivity index (χ3n) is 2.13. The Kier molecular flexibility index (Phi) is 2.20. The minimum atomic E-state index is -4.10. The molecule has 1 aliphatic rings. The van der Waals surface area contributed by atoms with Crippen molar-refractivity contribution in [1.82, 2.24) is 0 Å². The standard InChI is InChI=1S/C7H9F3O/c8-7(9,10)6-2-1-5(3-6)4-11/h4-6H,1-3H2/t5-,6+/m1/s1. The molecule has 0 radical (unpaired) electrons. The molecule has 0 saturated heterocycles. The van der Waals surface area contributed by atoms with Crippen molar-refractivity contribution >= 4 is 6.29 Å². The molecule has 11 heavy (non-hydrogen) atoms. The van der Waals surface area contributed by atoms with E-state index in [4.69, 9.17) is 0 Å². The van der Waals surface area contributed by atoms with Gasteiger partial charge < -0.3 is 4.79 Å². The fourth-order valence-corrected chi connectivity index (χ4v) is 1.44. The predicted octanol–water partition coefficient (Wildman–Crippen LogP) is 2.16. The molecule has 1 fully saturated rings. The molecule has 0 unspecified atom stereocenters. The summed E-state index contributed by atoms with van der Waals surface area (Å²) in [5, 5.41) is 0. The lowest BCUT2D eigenvalue weighted by Crippen LogP contribution is -2.20. The van der Waals surface area contributed by atoms with Gasteiger partial charge in [-0.2, -0.15) is 13.2 Å². The molecule has 0 aromatic carbocycles. The van der Waals surface area contributed by atoms with Gasteiger partial charge in [0, 0.05) is 5.92 Å². The van der Waals surface area contributed by atoms with Gasteiger partial charge in [-0.3, -0.25) is 0 Å². The van der Waals surface area contributed by atoms with Crippen molar-refractivity contribution in [3.8, 4) is 0 Å². The first-order valence-electron chi connectivity index (χ1n) is 3.56. The van der Waals surface area contributed by atoms with Crippen molar-refractivity contribution in [3.63, 3.8) is 0 Å². The normalized spacial score (nSPS) is 32.3. The molecular formula is C7H9F3O. The SMILES string of the molecule is O=C[C@@H]1CC[C@H](C(F)(F)F)C1. The summed E-state index contributed by atoms with van der Waals surface area (Å²) in [4.78, 5) is 10.1. The molecule has 0 heterocycles. The van der Waals surface area contributed by atoms with E-state index in [1.807, 2.05) is 0 Å². The molecule has 2 atom stereocenters. The van der Waals surface area contributed by atoms with E-state index >= 15 is 0 Å². The average Bonchev–Trinajstić information content (AvgIpc) is 2.32. The molecule has 1 nitrogen and oxygen atoms in total. The molecule has 0 amide bonds. The third kappa shape index (κ3) is 1.94. The Balaban J connectivity index is 2.48. The van der Waals surface area contributed by atoms with Crippen LogP contribution in [0.2, 0.25) is 0 Å². The second-order valence-corrected chi connectivity index (χ2v) is 2.95. The minimum absolute atomic E-state index is 0.00694. The first kappa shape index (κ1) is 8.56. The number of halogens is 3. The number of hydrogen-bond donors (Lipinski definition) is 0. The lowest BCUT2D eigenvalue weighted by atomic mass is 10.1. The number of aldehydes is 1. The van der Waals surface area contributed by atoms with Gasteiger partial charge in [-0.1, -0.05) is 0 Å². The average molecular weight is 166 g/mol. The largest absolute Gasteiger partial charge is 0.391 e. The van der Waals surface area contributed by atoms with Crippen molar-refractivity contribution in [2.45, 2.75) is 25.4 Å². The molecular weight excluding hydrogens is 157 g/mol. The van der Waals surface area contributed by atoms with Crippen molar-refractivity contribution < 1.29 is 18.0 Å². The summed E-state index contributed by atoms with van der Waals surface area (Å²) in [5.41, 5.74) is 0. The molecule has 0 N–H and O–H groups in total. The molecule has 0 aromatic rings. The molecule has 1 saturated carbocycles. The Labute approximate surface area is 62.6 Å². The van der Waals surface area contributed by atoms with Gasteiger partial charge >= 0.3 is 6.18 Å². The number of rotatable bonds is 1. The zero-order chi connectivity index (χ0) is 8.48. The van der Waals surface area contributed by atoms with E-state index in [2.05, 4.69) is 0 Å². The van der Waals surface area contributed by atoms with E-state index in [1.54, 1.807) is 0 Å². The highest BCUT2D eigenvalue weighted by molar-refractivity contribution is 5.53. The van der Waals surface area contributed by atoms with Crippen LogP contribution in [0.15, 0.2) is 0 Å². The van der Waals surface area contributed by atoms with Crippen LogP contribution in [0.4, 0.5) is 13.2 Å². The molecule has 1 aliphatic carbocycles. The maximum Gasteiger partial charge on any atom is 0.391 e. The predicted molar refractivity (Wildman–Crippen MR) is 32.9 cm³/mol. The topological polar surface area (TPSA) is 17.1 Å². The molecule has 4 heteroatoms. The van der Waals surface area contributed by atoms with Crippen LogP contribution < -0.4 is 0 Å². The number of carbonyl (C=O) groups is 1. The molecule has 0 spiro atoms. The molecule has 1 rings (SSSR count). The lowest BCUT2D eigenvalue weighted by molar-refractivity contribution is -0.173. The van der Waals surface area contributed by atoms with Gasteiger partial charge in [-0.05, 0) is 19.3 Å². The van der Waals surface area contributed by atoms with E-state index in [0.29, 0.717) is 12.7 Å². The van der Waals surface area contributed by atoms with Crippen LogP contribution in [0.25, 0.3) is 0 Å². The van der Waals surface area contributed by atoms with Crippen LogP contribution in [0.5, 0.6) is 0 Å². The van der Waals surface area contributed by atoms with Gasteiger partial charge in [0.2, 0.25) is 0 Å². The van der Waals surface area contributed by atoms with Crippen LogP contribution in [-0.4, -0.2) is 12.5 Å². The van der Waals surface area contributed by atoms with E-state index in [1.165, 1.54) is 0 Å². The first-order chi connectivity index (χ1) is 5.04. The maximum absolute atomic E-state index is 12.0. The fraction of sp³-hybridized carbons (Fsp3) is 0.857. The molecule has 0 aromatic heterocycles.